The van der Waals surface area contributed by atoms with Gasteiger partial charge < -0.3 is 10.2 Å². The second-order valence-electron chi connectivity index (χ2n) is 4.38. The lowest BCUT2D eigenvalue weighted by Crippen LogP contribution is -2.38. The van der Waals surface area contributed by atoms with Crippen molar-refractivity contribution in [1.82, 2.24) is 15.1 Å². The number of rotatable bonds is 6. The minimum atomic E-state index is -0.450. The first-order valence-corrected chi connectivity index (χ1v) is 4.98. The van der Waals surface area contributed by atoms with E-state index in [1.807, 2.05) is 24.9 Å². The van der Waals surface area contributed by atoms with E-state index < -0.39 is 5.41 Å². The fraction of sp³-hybridized carbons (Fsp3) is 0.700. The van der Waals surface area contributed by atoms with E-state index in [0.29, 0.717) is 6.54 Å². The minimum Gasteiger partial charge on any atom is -0.396 e. The summed E-state index contributed by atoms with van der Waals surface area (Å²) in [6, 6.07) is 1.91. The van der Waals surface area contributed by atoms with E-state index in [4.69, 9.17) is 10.2 Å². The molecule has 0 unspecified atom stereocenters. The largest absolute Gasteiger partial charge is 0.396 e. The molecular weight excluding hydrogens is 194 g/mol. The van der Waals surface area contributed by atoms with Gasteiger partial charge in [-0.1, -0.05) is 6.92 Å². The van der Waals surface area contributed by atoms with Crippen LogP contribution >= 0.6 is 0 Å². The van der Waals surface area contributed by atoms with Crippen molar-refractivity contribution in [3.63, 3.8) is 0 Å². The quantitative estimate of drug-likeness (QED) is 0.613. The normalized spacial score (nSPS) is 12.3. The van der Waals surface area contributed by atoms with E-state index in [1.54, 1.807) is 6.20 Å². The molecule has 5 nitrogen and oxygen atoms in total. The predicted octanol–water partition coefficient (Wildman–Crippen LogP) is -0.168. The zero-order chi connectivity index (χ0) is 11.3. The lowest BCUT2D eigenvalue weighted by molar-refractivity contribution is 0.0399. The monoisotopic (exact) mass is 213 g/mol. The lowest BCUT2D eigenvalue weighted by atomic mass is 9.92. The van der Waals surface area contributed by atoms with E-state index in [1.165, 1.54) is 0 Å². The molecule has 86 valence electrons. The highest BCUT2D eigenvalue weighted by Gasteiger charge is 2.24. The van der Waals surface area contributed by atoms with Crippen molar-refractivity contribution in [3.8, 4) is 0 Å². The predicted molar refractivity (Wildman–Crippen MR) is 57.2 cm³/mol. The van der Waals surface area contributed by atoms with Gasteiger partial charge >= 0.3 is 0 Å². The maximum absolute atomic E-state index is 9.15. The zero-order valence-electron chi connectivity index (χ0n) is 9.27. The first-order valence-electron chi connectivity index (χ1n) is 4.98. The molecule has 0 saturated heterocycles. The van der Waals surface area contributed by atoms with E-state index in [-0.39, 0.29) is 13.2 Å². The first kappa shape index (κ1) is 12.2. The van der Waals surface area contributed by atoms with Crippen molar-refractivity contribution in [3.05, 3.63) is 18.0 Å². The number of hydrogen-bond acceptors (Lipinski definition) is 4. The van der Waals surface area contributed by atoms with Crippen molar-refractivity contribution in [2.24, 2.45) is 5.41 Å². The van der Waals surface area contributed by atoms with Gasteiger partial charge in [-0.15, -0.1) is 0 Å². The summed E-state index contributed by atoms with van der Waals surface area (Å²) in [4.78, 5) is 2.04. The maximum atomic E-state index is 9.15. The molecule has 1 aromatic heterocycles. The number of aromatic amines is 1. The molecule has 0 aliphatic carbocycles. The number of nitrogens with zero attached hydrogens (tertiary/aromatic N) is 2. The van der Waals surface area contributed by atoms with Crippen molar-refractivity contribution in [2.45, 2.75) is 13.5 Å². The Labute approximate surface area is 89.7 Å². The third-order valence-electron chi connectivity index (χ3n) is 2.41. The van der Waals surface area contributed by atoms with Crippen molar-refractivity contribution < 1.29 is 10.2 Å². The molecule has 0 radical (unpaired) electrons. The average molecular weight is 213 g/mol. The summed E-state index contributed by atoms with van der Waals surface area (Å²) in [5.41, 5.74) is 0.574. The van der Waals surface area contributed by atoms with Crippen LogP contribution in [0.2, 0.25) is 0 Å². The van der Waals surface area contributed by atoms with Gasteiger partial charge in [0.25, 0.3) is 0 Å². The minimum absolute atomic E-state index is 0.0170. The Balaban J connectivity index is 2.44. The highest BCUT2D eigenvalue weighted by Crippen LogP contribution is 2.16. The Bertz CT molecular complexity index is 270. The molecule has 0 bridgehead atoms. The van der Waals surface area contributed by atoms with Crippen LogP contribution in [-0.4, -0.2) is 52.1 Å². The van der Waals surface area contributed by atoms with Crippen LogP contribution in [0.5, 0.6) is 0 Å². The summed E-state index contributed by atoms with van der Waals surface area (Å²) >= 11 is 0. The molecule has 0 spiro atoms. The SMILES string of the molecule is CN(Cc1ccn[nH]1)CC(C)(CO)CO. The van der Waals surface area contributed by atoms with E-state index in [2.05, 4.69) is 10.2 Å². The van der Waals surface area contributed by atoms with E-state index in [9.17, 15) is 0 Å². The van der Waals surface area contributed by atoms with E-state index >= 15 is 0 Å². The molecule has 0 aliphatic heterocycles. The Morgan fingerprint density at radius 3 is 2.60 bits per heavy atom. The summed E-state index contributed by atoms with van der Waals surface area (Å²) < 4.78 is 0. The van der Waals surface area contributed by atoms with Gasteiger partial charge in [0.15, 0.2) is 0 Å². The number of nitrogens with one attached hydrogen (secondary N) is 1. The van der Waals surface area contributed by atoms with Gasteiger partial charge in [-0.2, -0.15) is 5.10 Å². The number of aromatic nitrogens is 2. The van der Waals surface area contributed by atoms with Crippen LogP contribution < -0.4 is 0 Å². The topological polar surface area (TPSA) is 72.4 Å². The number of hydrogen-bond donors (Lipinski definition) is 3. The van der Waals surface area contributed by atoms with Gasteiger partial charge in [-0.3, -0.25) is 10.00 Å². The Kier molecular flexibility index (Phi) is 4.26. The number of H-pyrrole nitrogens is 1. The number of aliphatic hydroxyl groups excluding tert-OH is 2. The summed E-state index contributed by atoms with van der Waals surface area (Å²) in [6.07, 6.45) is 1.71. The van der Waals surface area contributed by atoms with Crippen molar-refractivity contribution in [2.75, 3.05) is 26.8 Å². The maximum Gasteiger partial charge on any atom is 0.0519 e. The van der Waals surface area contributed by atoms with Crippen LogP contribution in [0.3, 0.4) is 0 Å². The summed E-state index contributed by atoms with van der Waals surface area (Å²) in [6.45, 7) is 3.19. The first-order chi connectivity index (χ1) is 7.09. The molecule has 0 atom stereocenters. The summed E-state index contributed by atoms with van der Waals surface area (Å²) in [7, 11) is 1.95. The third kappa shape index (κ3) is 3.62. The molecule has 5 heteroatoms. The molecule has 1 rings (SSSR count). The van der Waals surface area contributed by atoms with Crippen LogP contribution in [-0.2, 0) is 6.54 Å². The van der Waals surface area contributed by atoms with Crippen LogP contribution in [0, 0.1) is 5.41 Å². The Hall–Kier alpha value is -0.910. The summed E-state index contributed by atoms with van der Waals surface area (Å²) in [5, 5.41) is 25.0. The Morgan fingerprint density at radius 2 is 2.13 bits per heavy atom. The molecule has 0 amide bonds. The van der Waals surface area contributed by atoms with Crippen LogP contribution in [0.25, 0.3) is 0 Å². The fourth-order valence-electron chi connectivity index (χ4n) is 1.52. The van der Waals surface area contributed by atoms with Gasteiger partial charge in [-0.05, 0) is 13.1 Å². The molecule has 0 aromatic carbocycles. The molecular formula is C10H19N3O2. The average Bonchev–Trinajstić information content (AvgIpc) is 2.70. The van der Waals surface area contributed by atoms with Crippen LogP contribution in [0.15, 0.2) is 12.3 Å². The Morgan fingerprint density at radius 1 is 1.47 bits per heavy atom. The molecule has 1 aromatic rings. The molecule has 15 heavy (non-hydrogen) atoms. The van der Waals surface area contributed by atoms with Gasteiger partial charge in [0.05, 0.1) is 13.2 Å². The second kappa shape index (κ2) is 5.25. The van der Waals surface area contributed by atoms with Gasteiger partial charge in [0.1, 0.15) is 0 Å². The lowest BCUT2D eigenvalue weighted by Gasteiger charge is -2.29. The standard InChI is InChI=1S/C10H19N3O2/c1-10(7-14,8-15)6-13(2)5-9-3-4-11-12-9/h3-4,14-15H,5-8H2,1-2H3,(H,11,12). The third-order valence-corrected chi connectivity index (χ3v) is 2.41. The van der Waals surface area contributed by atoms with E-state index in [0.717, 1.165) is 12.2 Å². The molecule has 0 aliphatic rings. The fourth-order valence-corrected chi connectivity index (χ4v) is 1.52. The van der Waals surface area contributed by atoms with Gasteiger partial charge in [0, 0.05) is 30.4 Å². The molecule has 0 fully saturated rings. The molecule has 1 heterocycles. The molecule has 0 saturated carbocycles. The van der Waals surface area contributed by atoms with Gasteiger partial charge in [-0.25, -0.2) is 0 Å². The second-order valence-corrected chi connectivity index (χ2v) is 4.38. The summed E-state index contributed by atoms with van der Waals surface area (Å²) in [5.74, 6) is 0. The van der Waals surface area contributed by atoms with Crippen LogP contribution in [0.4, 0.5) is 0 Å². The smallest absolute Gasteiger partial charge is 0.0519 e. The van der Waals surface area contributed by atoms with Crippen molar-refractivity contribution >= 4 is 0 Å². The van der Waals surface area contributed by atoms with Gasteiger partial charge in [0.2, 0.25) is 0 Å². The number of aliphatic hydroxyl groups is 2. The zero-order valence-corrected chi connectivity index (χ0v) is 9.27. The van der Waals surface area contributed by atoms with Crippen molar-refractivity contribution in [1.29, 1.82) is 0 Å². The highest BCUT2D eigenvalue weighted by atomic mass is 16.3. The molecule has 3 N–H and O–H groups in total. The van der Waals surface area contributed by atoms with Crippen LogP contribution in [0.1, 0.15) is 12.6 Å². The highest BCUT2D eigenvalue weighted by molar-refractivity contribution is 4.97.